The second-order valence-corrected chi connectivity index (χ2v) is 4.39. The topological polar surface area (TPSA) is 56.2 Å². The van der Waals surface area contributed by atoms with Crippen molar-refractivity contribution >= 4 is 18.5 Å². The van der Waals surface area contributed by atoms with Gasteiger partial charge < -0.3 is 10.1 Å². The average Bonchev–Trinajstić information content (AvgIpc) is 2.93. The molecule has 0 spiro atoms. The fourth-order valence-corrected chi connectivity index (χ4v) is 1.60. The number of hydrogen-bond acceptors (Lipinski definition) is 4. The highest BCUT2D eigenvalue weighted by Gasteiger charge is 2.08. The summed E-state index contributed by atoms with van der Waals surface area (Å²) in [5, 5.41) is 6.74. The fraction of sp³-hybridized carbons (Fsp3) is 0.231. The van der Waals surface area contributed by atoms with E-state index in [0.717, 1.165) is 0 Å². The molecule has 0 unspecified atom stereocenters. The largest absolute Gasteiger partial charge is 0.471 e. The van der Waals surface area contributed by atoms with Crippen LogP contribution in [-0.2, 0) is 6.73 Å². The van der Waals surface area contributed by atoms with E-state index in [-0.39, 0.29) is 18.5 Å². The molecule has 1 aromatic carbocycles. The Balaban J connectivity index is 1.89. The predicted octanol–water partition coefficient (Wildman–Crippen LogP) is 1.72. The maximum Gasteiger partial charge on any atom is 0.271 e. The lowest BCUT2D eigenvalue weighted by molar-refractivity contribution is 0.0949. The van der Waals surface area contributed by atoms with E-state index < -0.39 is 0 Å². The van der Waals surface area contributed by atoms with E-state index in [1.54, 1.807) is 12.3 Å². The molecule has 0 radical (unpaired) electrons. The molecular weight excluding hydrogens is 281 g/mol. The van der Waals surface area contributed by atoms with Crippen LogP contribution in [0.5, 0.6) is 5.75 Å². The summed E-state index contributed by atoms with van der Waals surface area (Å²) in [6.07, 6.45) is 1.64. The van der Waals surface area contributed by atoms with Gasteiger partial charge >= 0.3 is 0 Å². The smallest absolute Gasteiger partial charge is 0.271 e. The van der Waals surface area contributed by atoms with Crippen molar-refractivity contribution in [1.29, 1.82) is 0 Å². The van der Waals surface area contributed by atoms with E-state index in [9.17, 15) is 9.18 Å². The van der Waals surface area contributed by atoms with Crippen LogP contribution in [0, 0.1) is 5.82 Å². The van der Waals surface area contributed by atoms with E-state index in [4.69, 9.17) is 4.74 Å². The van der Waals surface area contributed by atoms with Gasteiger partial charge in [0.2, 0.25) is 0 Å². The Bertz CT molecular complexity index is 571. The zero-order chi connectivity index (χ0) is 14.4. The zero-order valence-electron chi connectivity index (χ0n) is 10.6. The second-order valence-electron chi connectivity index (χ2n) is 3.95. The molecule has 0 saturated carbocycles. The first-order chi connectivity index (χ1) is 9.69. The summed E-state index contributed by atoms with van der Waals surface area (Å²) in [5.41, 5.74) is 0.314. The monoisotopic (exact) mass is 295 g/mol. The van der Waals surface area contributed by atoms with Gasteiger partial charge in [-0.05, 0) is 30.3 Å². The molecule has 0 fully saturated rings. The third-order valence-electron chi connectivity index (χ3n) is 2.45. The number of thiol groups is 1. The Kier molecular flexibility index (Phi) is 5.00. The summed E-state index contributed by atoms with van der Waals surface area (Å²) in [7, 11) is 0. The van der Waals surface area contributed by atoms with Crippen molar-refractivity contribution in [2.45, 2.75) is 6.73 Å². The predicted molar refractivity (Wildman–Crippen MR) is 75.4 cm³/mol. The molecule has 1 amide bonds. The Morgan fingerprint density at radius 2 is 2.10 bits per heavy atom. The van der Waals surface area contributed by atoms with Gasteiger partial charge in [0.25, 0.3) is 5.91 Å². The summed E-state index contributed by atoms with van der Waals surface area (Å²) in [4.78, 5) is 11.6. The lowest BCUT2D eigenvalue weighted by Crippen LogP contribution is -2.25. The van der Waals surface area contributed by atoms with Crippen LogP contribution < -0.4 is 10.1 Å². The van der Waals surface area contributed by atoms with Crippen LogP contribution in [0.4, 0.5) is 4.39 Å². The molecule has 20 heavy (non-hydrogen) atoms. The Morgan fingerprint density at radius 3 is 2.80 bits per heavy atom. The first-order valence-electron chi connectivity index (χ1n) is 6.00. The normalized spacial score (nSPS) is 10.3. The summed E-state index contributed by atoms with van der Waals surface area (Å²) < 4.78 is 19.6. The summed E-state index contributed by atoms with van der Waals surface area (Å²) in [6.45, 7) is 0.631. The van der Waals surface area contributed by atoms with Gasteiger partial charge in [-0.25, -0.2) is 9.07 Å². The minimum atomic E-state index is -0.320. The van der Waals surface area contributed by atoms with Crippen molar-refractivity contribution in [3.05, 3.63) is 48.0 Å². The molecule has 0 atom stereocenters. The van der Waals surface area contributed by atoms with Crippen molar-refractivity contribution in [1.82, 2.24) is 15.1 Å². The lowest BCUT2D eigenvalue weighted by Gasteiger charge is -2.05. The highest BCUT2D eigenvalue weighted by molar-refractivity contribution is 7.80. The molecule has 0 bridgehead atoms. The van der Waals surface area contributed by atoms with Crippen molar-refractivity contribution in [2.75, 3.05) is 12.3 Å². The number of halogens is 1. The summed E-state index contributed by atoms with van der Waals surface area (Å²) in [6, 6.07) is 7.28. The molecule has 2 rings (SSSR count). The molecule has 1 aromatic heterocycles. The van der Waals surface area contributed by atoms with Gasteiger partial charge in [-0.1, -0.05) is 0 Å². The number of benzene rings is 1. The van der Waals surface area contributed by atoms with Crippen LogP contribution in [0.15, 0.2) is 36.5 Å². The minimum absolute atomic E-state index is 0.144. The molecular formula is C13H14FN3O2S. The van der Waals surface area contributed by atoms with E-state index >= 15 is 0 Å². The maximum atomic E-state index is 12.7. The number of rotatable bonds is 6. The van der Waals surface area contributed by atoms with Gasteiger partial charge in [0.15, 0.2) is 6.73 Å². The molecule has 2 aromatic rings. The first-order valence-corrected chi connectivity index (χ1v) is 6.63. The van der Waals surface area contributed by atoms with E-state index in [1.807, 2.05) is 0 Å². The summed E-state index contributed by atoms with van der Waals surface area (Å²) >= 11 is 4.01. The number of carbonyl (C=O) groups excluding carboxylic acids is 1. The van der Waals surface area contributed by atoms with Crippen molar-refractivity contribution in [2.24, 2.45) is 0 Å². The third kappa shape index (κ3) is 3.99. The zero-order valence-corrected chi connectivity index (χ0v) is 11.5. The van der Waals surface area contributed by atoms with Crippen molar-refractivity contribution < 1.29 is 13.9 Å². The van der Waals surface area contributed by atoms with Crippen molar-refractivity contribution in [3.8, 4) is 5.75 Å². The highest BCUT2D eigenvalue weighted by atomic mass is 32.1. The van der Waals surface area contributed by atoms with Crippen molar-refractivity contribution in [3.63, 3.8) is 0 Å². The van der Waals surface area contributed by atoms with E-state index in [1.165, 1.54) is 28.9 Å². The van der Waals surface area contributed by atoms with Crippen LogP contribution in [0.1, 0.15) is 10.5 Å². The van der Waals surface area contributed by atoms with Crippen LogP contribution in [-0.4, -0.2) is 28.0 Å². The third-order valence-corrected chi connectivity index (χ3v) is 2.67. The van der Waals surface area contributed by atoms with E-state index in [2.05, 4.69) is 23.0 Å². The first kappa shape index (κ1) is 14.4. The number of ether oxygens (including phenoxy) is 1. The Labute approximate surface area is 121 Å². The highest BCUT2D eigenvalue weighted by Crippen LogP contribution is 2.11. The lowest BCUT2D eigenvalue weighted by atomic mass is 10.3. The number of nitrogens with one attached hydrogen (secondary N) is 1. The quantitative estimate of drug-likeness (QED) is 0.798. The number of amides is 1. The molecule has 7 heteroatoms. The Morgan fingerprint density at radius 1 is 1.35 bits per heavy atom. The van der Waals surface area contributed by atoms with Gasteiger partial charge in [0.05, 0.1) is 0 Å². The number of aromatic nitrogens is 2. The second kappa shape index (κ2) is 6.95. The van der Waals surface area contributed by atoms with Gasteiger partial charge in [-0.2, -0.15) is 17.7 Å². The maximum absolute atomic E-state index is 12.7. The van der Waals surface area contributed by atoms with Gasteiger partial charge in [-0.3, -0.25) is 4.79 Å². The van der Waals surface area contributed by atoms with E-state index in [0.29, 0.717) is 23.7 Å². The number of nitrogens with zero attached hydrogens (tertiary/aromatic N) is 2. The Hall–Kier alpha value is -2.02. The van der Waals surface area contributed by atoms with Crippen LogP contribution in [0.3, 0.4) is 0 Å². The molecule has 0 saturated heterocycles. The van der Waals surface area contributed by atoms with Gasteiger partial charge in [0, 0.05) is 18.5 Å². The average molecular weight is 295 g/mol. The fourth-order valence-electron chi connectivity index (χ4n) is 1.49. The van der Waals surface area contributed by atoms with Gasteiger partial charge in [-0.15, -0.1) is 0 Å². The standard InChI is InChI=1S/C13H14FN3O2S/c14-10-1-3-11(4-2-10)19-9-17-7-5-12(16-17)13(18)15-6-8-20/h1-5,7,20H,6,8-9H2,(H,15,18). The number of carbonyl (C=O) groups is 1. The molecule has 106 valence electrons. The SMILES string of the molecule is O=C(NCCS)c1ccn(COc2ccc(F)cc2)n1. The minimum Gasteiger partial charge on any atom is -0.471 e. The van der Waals surface area contributed by atoms with Crippen LogP contribution in [0.2, 0.25) is 0 Å². The van der Waals surface area contributed by atoms with Crippen LogP contribution in [0.25, 0.3) is 0 Å². The molecule has 5 nitrogen and oxygen atoms in total. The molecule has 1 N–H and O–H groups in total. The molecule has 0 aliphatic carbocycles. The molecule has 1 heterocycles. The summed E-state index contributed by atoms with van der Waals surface area (Å²) in [5.74, 6) is 0.530. The van der Waals surface area contributed by atoms with Crippen LogP contribution >= 0.6 is 12.6 Å². The van der Waals surface area contributed by atoms with Gasteiger partial charge in [0.1, 0.15) is 17.3 Å². The molecule has 0 aliphatic rings. The molecule has 0 aliphatic heterocycles. The number of hydrogen-bond donors (Lipinski definition) is 2.